The highest BCUT2D eigenvalue weighted by atomic mass is 16.5. The number of para-hydroxylation sites is 2. The van der Waals surface area contributed by atoms with Gasteiger partial charge in [-0.2, -0.15) is 0 Å². The normalized spacial score (nSPS) is 28.3. The second-order valence-electron chi connectivity index (χ2n) is 10.6. The molecule has 4 aliphatic rings. The maximum Gasteiger partial charge on any atom is 0.316 e. The fourth-order valence-electron chi connectivity index (χ4n) is 6.84. The van der Waals surface area contributed by atoms with E-state index in [4.69, 9.17) is 9.47 Å². The molecule has 2 aromatic carbocycles. The standard InChI is InChI=1S/C29H30N2O6/c1-3-36-23-7-5-4-6-22(23)30-15-19(14-24(30)32)29(35)37-20-10-11-21(16(2)12-20)31-27(33)25-17-8-9-18(13-17)26(25)28(31)34/h4-7,10-12,17-19,25-26H,3,8-9,13-15H2,1-2H3/t17-,18-,19+,25-,26-/m0/s1. The minimum atomic E-state index is -0.612. The number of rotatable bonds is 6. The first-order valence-electron chi connectivity index (χ1n) is 13.1. The van der Waals surface area contributed by atoms with Gasteiger partial charge in [0.05, 0.1) is 35.7 Å². The number of anilines is 2. The molecule has 37 heavy (non-hydrogen) atoms. The van der Waals surface area contributed by atoms with Gasteiger partial charge in [-0.25, -0.2) is 4.90 Å². The summed E-state index contributed by atoms with van der Waals surface area (Å²) < 4.78 is 11.3. The summed E-state index contributed by atoms with van der Waals surface area (Å²) in [5.41, 5.74) is 1.88. The van der Waals surface area contributed by atoms with E-state index >= 15 is 0 Å². The molecule has 0 unspecified atom stereocenters. The number of imide groups is 1. The average Bonchev–Trinajstić information content (AvgIpc) is 3.64. The maximum absolute atomic E-state index is 13.2. The van der Waals surface area contributed by atoms with Crippen LogP contribution < -0.4 is 19.3 Å². The van der Waals surface area contributed by atoms with Crippen LogP contribution in [0.25, 0.3) is 0 Å². The SMILES string of the molecule is CCOc1ccccc1N1C[C@H](C(=O)Oc2ccc(N3C(=O)[C@H]4[C@H]5CC[C@@H](C5)[C@@H]4C3=O)c(C)c2)CC1=O. The predicted octanol–water partition coefficient (Wildman–Crippen LogP) is 3.89. The number of nitrogens with zero attached hydrogens (tertiary/aromatic N) is 2. The van der Waals surface area contributed by atoms with Crippen molar-refractivity contribution in [1.29, 1.82) is 0 Å². The molecule has 4 fully saturated rings. The molecular formula is C29H30N2O6. The van der Waals surface area contributed by atoms with Crippen LogP contribution >= 0.6 is 0 Å². The van der Waals surface area contributed by atoms with Gasteiger partial charge in [0.25, 0.3) is 0 Å². The van der Waals surface area contributed by atoms with Gasteiger partial charge in [0, 0.05) is 13.0 Å². The topological polar surface area (TPSA) is 93.2 Å². The van der Waals surface area contributed by atoms with E-state index in [-0.39, 0.29) is 42.5 Å². The molecule has 2 aromatic rings. The summed E-state index contributed by atoms with van der Waals surface area (Å²) in [5, 5.41) is 0. The summed E-state index contributed by atoms with van der Waals surface area (Å²) in [6.07, 6.45) is 3.11. The van der Waals surface area contributed by atoms with Gasteiger partial charge in [0.15, 0.2) is 0 Å². The lowest BCUT2D eigenvalue weighted by molar-refractivity contribution is -0.139. The fraction of sp³-hybridized carbons (Fsp3) is 0.448. The summed E-state index contributed by atoms with van der Waals surface area (Å²) in [5.74, 6) is -0.233. The van der Waals surface area contributed by atoms with E-state index in [2.05, 4.69) is 0 Å². The number of ether oxygens (including phenoxy) is 2. The molecule has 6 rings (SSSR count). The minimum Gasteiger partial charge on any atom is -0.492 e. The zero-order valence-corrected chi connectivity index (χ0v) is 21.0. The quantitative estimate of drug-likeness (QED) is 0.338. The van der Waals surface area contributed by atoms with E-state index < -0.39 is 11.9 Å². The van der Waals surface area contributed by atoms with Crippen molar-refractivity contribution in [3.63, 3.8) is 0 Å². The highest BCUT2D eigenvalue weighted by Gasteiger charge is 2.61. The van der Waals surface area contributed by atoms with Crippen LogP contribution in [0, 0.1) is 36.5 Å². The molecule has 2 bridgehead atoms. The highest BCUT2D eigenvalue weighted by molar-refractivity contribution is 6.23. The molecule has 2 heterocycles. The van der Waals surface area contributed by atoms with Crippen LogP contribution in [0.2, 0.25) is 0 Å². The molecule has 3 amide bonds. The maximum atomic E-state index is 13.2. The molecule has 2 saturated carbocycles. The van der Waals surface area contributed by atoms with Crippen molar-refractivity contribution < 1.29 is 28.7 Å². The molecule has 2 aliphatic carbocycles. The molecule has 0 aromatic heterocycles. The molecule has 0 N–H and O–H groups in total. The van der Waals surface area contributed by atoms with Crippen LogP contribution in [0.5, 0.6) is 11.5 Å². The van der Waals surface area contributed by atoms with Gasteiger partial charge in [-0.3, -0.25) is 19.2 Å². The molecular weight excluding hydrogens is 472 g/mol. The van der Waals surface area contributed by atoms with Crippen LogP contribution in [0.4, 0.5) is 11.4 Å². The number of carbonyl (C=O) groups is 4. The van der Waals surface area contributed by atoms with Crippen LogP contribution in [0.3, 0.4) is 0 Å². The van der Waals surface area contributed by atoms with Crippen molar-refractivity contribution in [1.82, 2.24) is 0 Å². The molecule has 2 saturated heterocycles. The lowest BCUT2D eigenvalue weighted by Gasteiger charge is -2.20. The third-order valence-electron chi connectivity index (χ3n) is 8.47. The Balaban J connectivity index is 1.15. The number of esters is 1. The highest BCUT2D eigenvalue weighted by Crippen LogP contribution is 2.56. The van der Waals surface area contributed by atoms with Crippen molar-refractivity contribution in [2.75, 3.05) is 23.0 Å². The molecule has 0 spiro atoms. The van der Waals surface area contributed by atoms with Gasteiger partial charge in [-0.05, 0) is 80.8 Å². The average molecular weight is 503 g/mol. The summed E-state index contributed by atoms with van der Waals surface area (Å²) in [6, 6.07) is 12.2. The lowest BCUT2D eigenvalue weighted by Crippen LogP contribution is -2.33. The Morgan fingerprint density at radius 3 is 2.35 bits per heavy atom. The van der Waals surface area contributed by atoms with Crippen molar-refractivity contribution in [3.8, 4) is 11.5 Å². The van der Waals surface area contributed by atoms with E-state index in [1.165, 1.54) is 4.90 Å². The summed E-state index contributed by atoms with van der Waals surface area (Å²) in [7, 11) is 0. The molecule has 8 heteroatoms. The Morgan fingerprint density at radius 2 is 1.68 bits per heavy atom. The molecule has 2 aliphatic heterocycles. The van der Waals surface area contributed by atoms with E-state index in [1.54, 1.807) is 42.2 Å². The third-order valence-corrected chi connectivity index (χ3v) is 8.47. The summed E-state index contributed by atoms with van der Waals surface area (Å²) in [4.78, 5) is 55.0. The number of hydrogen-bond acceptors (Lipinski definition) is 6. The fourth-order valence-corrected chi connectivity index (χ4v) is 6.84. The zero-order valence-electron chi connectivity index (χ0n) is 21.0. The number of carbonyl (C=O) groups excluding carboxylic acids is 4. The third kappa shape index (κ3) is 3.81. The second-order valence-corrected chi connectivity index (χ2v) is 10.6. The minimum absolute atomic E-state index is 0.0538. The molecule has 8 nitrogen and oxygen atoms in total. The van der Waals surface area contributed by atoms with Gasteiger partial charge in [0.1, 0.15) is 11.5 Å². The number of fused-ring (bicyclic) bond motifs is 5. The second kappa shape index (κ2) is 9.01. The van der Waals surface area contributed by atoms with E-state index in [0.29, 0.717) is 46.9 Å². The Bertz CT molecular complexity index is 1280. The largest absolute Gasteiger partial charge is 0.492 e. The van der Waals surface area contributed by atoms with Gasteiger partial charge in [-0.1, -0.05) is 12.1 Å². The van der Waals surface area contributed by atoms with Crippen LogP contribution in [0.15, 0.2) is 42.5 Å². The van der Waals surface area contributed by atoms with Crippen molar-refractivity contribution in [3.05, 3.63) is 48.0 Å². The van der Waals surface area contributed by atoms with E-state index in [0.717, 1.165) is 19.3 Å². The smallest absolute Gasteiger partial charge is 0.316 e. The van der Waals surface area contributed by atoms with Crippen LogP contribution in [-0.2, 0) is 19.2 Å². The van der Waals surface area contributed by atoms with Crippen LogP contribution in [-0.4, -0.2) is 36.8 Å². The first-order chi connectivity index (χ1) is 17.9. The molecule has 192 valence electrons. The summed E-state index contributed by atoms with van der Waals surface area (Å²) >= 11 is 0. The Hall–Kier alpha value is -3.68. The van der Waals surface area contributed by atoms with Crippen molar-refractivity contribution >= 4 is 35.1 Å². The predicted molar refractivity (Wildman–Crippen MR) is 135 cm³/mol. The van der Waals surface area contributed by atoms with Gasteiger partial charge in [0.2, 0.25) is 17.7 Å². The Labute approximate surface area is 215 Å². The zero-order chi connectivity index (χ0) is 25.8. The number of hydrogen-bond donors (Lipinski definition) is 0. The van der Waals surface area contributed by atoms with E-state index in [1.807, 2.05) is 19.1 Å². The number of benzene rings is 2. The van der Waals surface area contributed by atoms with Gasteiger partial charge < -0.3 is 14.4 Å². The number of aryl methyl sites for hydroxylation is 1. The molecule has 0 radical (unpaired) electrons. The first kappa shape index (κ1) is 23.7. The molecule has 5 atom stereocenters. The first-order valence-corrected chi connectivity index (χ1v) is 13.1. The monoisotopic (exact) mass is 502 g/mol. The van der Waals surface area contributed by atoms with Crippen molar-refractivity contribution in [2.24, 2.45) is 29.6 Å². The Morgan fingerprint density at radius 1 is 0.973 bits per heavy atom. The number of amides is 3. The van der Waals surface area contributed by atoms with Crippen molar-refractivity contribution in [2.45, 2.75) is 39.5 Å². The Kier molecular flexibility index (Phi) is 5.77. The van der Waals surface area contributed by atoms with E-state index in [9.17, 15) is 19.2 Å². The summed E-state index contributed by atoms with van der Waals surface area (Å²) in [6.45, 7) is 4.36. The van der Waals surface area contributed by atoms with Gasteiger partial charge >= 0.3 is 5.97 Å². The lowest BCUT2D eigenvalue weighted by atomic mass is 9.81. The van der Waals surface area contributed by atoms with Crippen LogP contribution in [0.1, 0.15) is 38.2 Å². The van der Waals surface area contributed by atoms with Gasteiger partial charge in [-0.15, -0.1) is 0 Å².